The Labute approximate surface area is 137 Å². The van der Waals surface area contributed by atoms with Gasteiger partial charge in [0, 0.05) is 11.5 Å². The van der Waals surface area contributed by atoms with Crippen LogP contribution in [0.4, 0.5) is 11.4 Å². The Morgan fingerprint density at radius 2 is 2.04 bits per heavy atom. The van der Waals surface area contributed by atoms with Crippen molar-refractivity contribution in [2.75, 3.05) is 5.32 Å². The molecule has 2 aromatic carbocycles. The number of carbonyl (C=O) groups is 1. The molecule has 0 aliphatic rings. The third kappa shape index (κ3) is 2.96. The Balaban J connectivity index is 1.85. The smallest absolute Gasteiger partial charge is 0.292 e. The number of nitro benzene ring substituents is 1. The summed E-state index contributed by atoms with van der Waals surface area (Å²) in [5, 5.41) is 18.3. The zero-order valence-corrected chi connectivity index (χ0v) is 13.2. The molecule has 0 fully saturated rings. The highest BCUT2D eigenvalue weighted by atomic mass is 16.6. The molecule has 0 spiro atoms. The number of nitrogens with zero attached hydrogens (tertiary/aromatic N) is 2. The summed E-state index contributed by atoms with van der Waals surface area (Å²) in [5.74, 6) is -0.389. The summed E-state index contributed by atoms with van der Waals surface area (Å²) in [6.07, 6.45) is -0.0249. The van der Waals surface area contributed by atoms with Crippen molar-refractivity contribution in [3.05, 3.63) is 63.3 Å². The minimum absolute atomic E-state index is 0.0249. The van der Waals surface area contributed by atoms with E-state index in [9.17, 15) is 14.9 Å². The van der Waals surface area contributed by atoms with E-state index in [-0.39, 0.29) is 23.7 Å². The first-order valence-corrected chi connectivity index (χ1v) is 7.34. The second-order valence-corrected chi connectivity index (χ2v) is 5.58. The number of para-hydroxylation sites is 2. The molecule has 7 heteroatoms. The predicted molar refractivity (Wildman–Crippen MR) is 88.9 cm³/mol. The zero-order valence-electron chi connectivity index (χ0n) is 13.2. The van der Waals surface area contributed by atoms with Gasteiger partial charge < -0.3 is 9.84 Å². The molecule has 24 heavy (non-hydrogen) atoms. The molecule has 3 rings (SSSR count). The molecular formula is C17H15N3O4. The van der Waals surface area contributed by atoms with Crippen molar-refractivity contribution >= 4 is 28.3 Å². The summed E-state index contributed by atoms with van der Waals surface area (Å²) < 4.78 is 5.29. The first-order valence-electron chi connectivity index (χ1n) is 7.34. The average molecular weight is 325 g/mol. The lowest BCUT2D eigenvalue weighted by Crippen LogP contribution is -2.15. The van der Waals surface area contributed by atoms with E-state index in [0.717, 1.165) is 16.5 Å². The summed E-state index contributed by atoms with van der Waals surface area (Å²) in [7, 11) is 0. The molecular weight excluding hydrogens is 310 g/mol. The summed E-state index contributed by atoms with van der Waals surface area (Å²) in [6.45, 7) is 3.88. The molecule has 1 aromatic heterocycles. The molecule has 122 valence electrons. The van der Waals surface area contributed by atoms with E-state index in [2.05, 4.69) is 10.5 Å². The van der Waals surface area contributed by atoms with Crippen molar-refractivity contribution in [2.24, 2.45) is 0 Å². The van der Waals surface area contributed by atoms with Crippen LogP contribution in [0, 0.1) is 24.0 Å². The van der Waals surface area contributed by atoms with Gasteiger partial charge in [-0.15, -0.1) is 0 Å². The minimum Gasteiger partial charge on any atom is -0.356 e. The van der Waals surface area contributed by atoms with Crippen LogP contribution in [-0.2, 0) is 11.2 Å². The van der Waals surface area contributed by atoms with Crippen molar-refractivity contribution in [2.45, 2.75) is 20.3 Å². The van der Waals surface area contributed by atoms with Gasteiger partial charge in [-0.3, -0.25) is 14.9 Å². The Morgan fingerprint density at radius 3 is 2.79 bits per heavy atom. The molecule has 0 aliphatic heterocycles. The van der Waals surface area contributed by atoms with E-state index in [0.29, 0.717) is 11.3 Å². The lowest BCUT2D eigenvalue weighted by molar-refractivity contribution is -0.383. The quantitative estimate of drug-likeness (QED) is 0.584. The summed E-state index contributed by atoms with van der Waals surface area (Å²) in [4.78, 5) is 22.7. The molecule has 1 N–H and O–H groups in total. The molecule has 0 unspecified atom stereocenters. The van der Waals surface area contributed by atoms with Gasteiger partial charge in [0.2, 0.25) is 5.91 Å². The van der Waals surface area contributed by atoms with Crippen LogP contribution < -0.4 is 5.32 Å². The number of anilines is 1. The number of nitro groups is 1. The fourth-order valence-corrected chi connectivity index (χ4v) is 2.73. The number of hydrogen-bond acceptors (Lipinski definition) is 5. The Hall–Kier alpha value is -3.22. The molecule has 0 atom stereocenters. The van der Waals surface area contributed by atoms with E-state index in [1.54, 1.807) is 12.1 Å². The Bertz CT molecular complexity index is 946. The van der Waals surface area contributed by atoms with Crippen LogP contribution in [-0.4, -0.2) is 16.0 Å². The Kier molecular flexibility index (Phi) is 3.99. The Morgan fingerprint density at radius 1 is 1.29 bits per heavy atom. The van der Waals surface area contributed by atoms with Crippen molar-refractivity contribution in [3.8, 4) is 0 Å². The number of aromatic nitrogens is 1. The second kappa shape index (κ2) is 6.11. The van der Waals surface area contributed by atoms with Crippen LogP contribution in [0.1, 0.15) is 16.8 Å². The second-order valence-electron chi connectivity index (χ2n) is 5.58. The van der Waals surface area contributed by atoms with Crippen molar-refractivity contribution in [1.29, 1.82) is 0 Å². The molecule has 0 saturated heterocycles. The standard InChI is InChI=1S/C17H15N3O4/c1-10-7-11(2)17-13(19-24-15(17)8-10)9-16(21)18-12-5-3-4-6-14(12)20(22)23/h3-8H,9H2,1-2H3,(H,18,21). The van der Waals surface area contributed by atoms with Crippen LogP contribution in [0.25, 0.3) is 11.0 Å². The minimum atomic E-state index is -0.534. The number of rotatable bonds is 4. The number of nitrogens with one attached hydrogen (secondary N) is 1. The van der Waals surface area contributed by atoms with Gasteiger partial charge in [-0.1, -0.05) is 23.4 Å². The van der Waals surface area contributed by atoms with Gasteiger partial charge in [0.05, 0.1) is 11.3 Å². The monoisotopic (exact) mass is 325 g/mol. The summed E-state index contributed by atoms with van der Waals surface area (Å²) in [5.41, 5.74) is 3.17. The molecule has 0 aliphatic carbocycles. The number of amides is 1. The van der Waals surface area contributed by atoms with E-state index >= 15 is 0 Å². The van der Waals surface area contributed by atoms with Crippen LogP contribution in [0.15, 0.2) is 40.9 Å². The van der Waals surface area contributed by atoms with Crippen molar-refractivity contribution in [3.63, 3.8) is 0 Å². The summed E-state index contributed by atoms with van der Waals surface area (Å²) in [6, 6.07) is 9.85. The normalized spacial score (nSPS) is 10.8. The largest absolute Gasteiger partial charge is 0.356 e. The highest BCUT2D eigenvalue weighted by Crippen LogP contribution is 2.26. The average Bonchev–Trinajstić information content (AvgIpc) is 2.90. The molecule has 7 nitrogen and oxygen atoms in total. The van der Waals surface area contributed by atoms with E-state index in [1.165, 1.54) is 12.1 Å². The predicted octanol–water partition coefficient (Wildman–Crippen LogP) is 3.53. The lowest BCUT2D eigenvalue weighted by atomic mass is 10.0. The van der Waals surface area contributed by atoms with Gasteiger partial charge >= 0.3 is 0 Å². The molecule has 1 amide bonds. The van der Waals surface area contributed by atoms with Crippen LogP contribution in [0.2, 0.25) is 0 Å². The fourth-order valence-electron chi connectivity index (χ4n) is 2.73. The van der Waals surface area contributed by atoms with E-state index in [1.807, 2.05) is 26.0 Å². The maximum absolute atomic E-state index is 12.3. The number of fused-ring (bicyclic) bond motifs is 1. The number of hydrogen-bond donors (Lipinski definition) is 1. The van der Waals surface area contributed by atoms with Crippen LogP contribution in [0.5, 0.6) is 0 Å². The van der Waals surface area contributed by atoms with Gasteiger partial charge in [-0.25, -0.2) is 0 Å². The van der Waals surface area contributed by atoms with Gasteiger partial charge in [-0.2, -0.15) is 0 Å². The number of carbonyl (C=O) groups excluding carboxylic acids is 1. The molecule has 0 bridgehead atoms. The molecule has 0 saturated carbocycles. The zero-order chi connectivity index (χ0) is 17.3. The molecule has 1 heterocycles. The van der Waals surface area contributed by atoms with Crippen molar-refractivity contribution < 1.29 is 14.2 Å². The topological polar surface area (TPSA) is 98.3 Å². The first kappa shape index (κ1) is 15.7. The van der Waals surface area contributed by atoms with Gasteiger partial charge in [0.25, 0.3) is 5.69 Å². The lowest BCUT2D eigenvalue weighted by Gasteiger charge is -2.05. The van der Waals surface area contributed by atoms with Crippen molar-refractivity contribution in [1.82, 2.24) is 5.16 Å². The molecule has 3 aromatic rings. The maximum Gasteiger partial charge on any atom is 0.292 e. The van der Waals surface area contributed by atoms with Gasteiger partial charge in [-0.05, 0) is 37.1 Å². The van der Waals surface area contributed by atoms with Gasteiger partial charge in [0.15, 0.2) is 5.58 Å². The van der Waals surface area contributed by atoms with E-state index < -0.39 is 4.92 Å². The first-order chi connectivity index (χ1) is 11.5. The van der Waals surface area contributed by atoms with Gasteiger partial charge in [0.1, 0.15) is 11.4 Å². The molecule has 0 radical (unpaired) electrons. The van der Waals surface area contributed by atoms with Crippen LogP contribution in [0.3, 0.4) is 0 Å². The maximum atomic E-state index is 12.3. The summed E-state index contributed by atoms with van der Waals surface area (Å²) >= 11 is 0. The third-order valence-corrected chi connectivity index (χ3v) is 3.69. The fraction of sp³-hybridized carbons (Fsp3) is 0.176. The number of aryl methyl sites for hydroxylation is 2. The van der Waals surface area contributed by atoms with Crippen LogP contribution >= 0.6 is 0 Å². The SMILES string of the molecule is Cc1cc(C)c2c(CC(=O)Nc3ccccc3[N+](=O)[O-])noc2c1. The van der Waals surface area contributed by atoms with E-state index in [4.69, 9.17) is 4.52 Å². The highest BCUT2D eigenvalue weighted by molar-refractivity contribution is 5.96. The third-order valence-electron chi connectivity index (χ3n) is 3.69. The number of benzene rings is 2. The highest BCUT2D eigenvalue weighted by Gasteiger charge is 2.18.